The number of methoxy groups -OCH3 is 1. The zero-order chi connectivity index (χ0) is 21.0. The van der Waals surface area contributed by atoms with Gasteiger partial charge in [0.05, 0.1) is 17.7 Å². The summed E-state index contributed by atoms with van der Waals surface area (Å²) in [6.07, 6.45) is 1.95. The predicted octanol–water partition coefficient (Wildman–Crippen LogP) is 4.24. The number of aromatic nitrogens is 1. The number of nitrogens with zero attached hydrogens (tertiary/aromatic N) is 1. The van der Waals surface area contributed by atoms with Gasteiger partial charge < -0.3 is 10.1 Å². The van der Waals surface area contributed by atoms with Gasteiger partial charge in [-0.05, 0) is 55.6 Å². The maximum atomic E-state index is 12.6. The molecule has 1 heterocycles. The summed E-state index contributed by atoms with van der Waals surface area (Å²) in [4.78, 5) is 18.2. The molecular weight excluding hydrogens is 430 g/mol. The van der Waals surface area contributed by atoms with Gasteiger partial charge in [0, 0.05) is 10.6 Å². The SMILES string of the molecule is COc1ccc(S(=O)(=O)Nc2nc(C)c(C(=O)Nc3cccc(SC)c3)s2)cc1. The number of thioether (sulfide) groups is 1. The van der Waals surface area contributed by atoms with Gasteiger partial charge in [-0.3, -0.25) is 9.52 Å². The van der Waals surface area contributed by atoms with Crippen LogP contribution in [0, 0.1) is 6.92 Å². The highest BCUT2D eigenvalue weighted by molar-refractivity contribution is 7.98. The summed E-state index contributed by atoms with van der Waals surface area (Å²) in [7, 11) is -2.32. The Morgan fingerprint density at radius 3 is 2.55 bits per heavy atom. The summed E-state index contributed by atoms with van der Waals surface area (Å²) < 4.78 is 32.6. The molecule has 1 amide bonds. The second kappa shape index (κ2) is 8.85. The van der Waals surface area contributed by atoms with Crippen molar-refractivity contribution < 1.29 is 17.9 Å². The Bertz CT molecular complexity index is 1130. The minimum atomic E-state index is -3.83. The molecule has 152 valence electrons. The summed E-state index contributed by atoms with van der Waals surface area (Å²) in [5.41, 5.74) is 1.11. The molecule has 0 unspecified atom stereocenters. The molecule has 3 rings (SSSR count). The molecule has 0 fully saturated rings. The van der Waals surface area contributed by atoms with Gasteiger partial charge in [0.15, 0.2) is 5.13 Å². The van der Waals surface area contributed by atoms with E-state index in [9.17, 15) is 13.2 Å². The molecule has 1 aromatic heterocycles. The number of thiazole rings is 1. The molecule has 0 bridgehead atoms. The normalized spacial score (nSPS) is 11.1. The van der Waals surface area contributed by atoms with Crippen LogP contribution in [0.1, 0.15) is 15.4 Å². The van der Waals surface area contributed by atoms with Gasteiger partial charge in [0.1, 0.15) is 10.6 Å². The van der Waals surface area contributed by atoms with E-state index < -0.39 is 10.0 Å². The van der Waals surface area contributed by atoms with Crippen LogP contribution in [-0.4, -0.2) is 32.7 Å². The van der Waals surface area contributed by atoms with Crippen molar-refractivity contribution in [1.29, 1.82) is 0 Å². The molecule has 0 atom stereocenters. The van der Waals surface area contributed by atoms with E-state index in [1.54, 1.807) is 36.9 Å². The molecule has 0 radical (unpaired) electrons. The average Bonchev–Trinajstić information content (AvgIpc) is 3.07. The zero-order valence-electron chi connectivity index (χ0n) is 15.9. The van der Waals surface area contributed by atoms with Crippen LogP contribution in [0.2, 0.25) is 0 Å². The van der Waals surface area contributed by atoms with Gasteiger partial charge in [-0.25, -0.2) is 13.4 Å². The fourth-order valence-corrected chi connectivity index (χ4v) is 5.02. The zero-order valence-corrected chi connectivity index (χ0v) is 18.4. The van der Waals surface area contributed by atoms with Crippen LogP contribution in [0.3, 0.4) is 0 Å². The van der Waals surface area contributed by atoms with Crippen molar-refractivity contribution in [2.45, 2.75) is 16.7 Å². The Hall–Kier alpha value is -2.56. The lowest BCUT2D eigenvalue weighted by Gasteiger charge is -2.06. The molecule has 0 aliphatic rings. The number of hydrogen-bond acceptors (Lipinski definition) is 7. The van der Waals surface area contributed by atoms with Gasteiger partial charge in [-0.15, -0.1) is 11.8 Å². The standard InChI is InChI=1S/C19H19N3O4S3/c1-12-17(18(23)21-13-5-4-6-15(11-13)27-3)28-19(20-12)22-29(24,25)16-9-7-14(26-2)8-10-16/h4-11H,1-3H3,(H,20,22)(H,21,23). The molecule has 2 aromatic carbocycles. The van der Waals surface area contributed by atoms with E-state index in [0.717, 1.165) is 16.2 Å². The van der Waals surface area contributed by atoms with Crippen LogP contribution < -0.4 is 14.8 Å². The van der Waals surface area contributed by atoms with Crippen molar-refractivity contribution >= 4 is 49.8 Å². The maximum Gasteiger partial charge on any atom is 0.267 e. The van der Waals surface area contributed by atoms with Crippen molar-refractivity contribution in [3.63, 3.8) is 0 Å². The Morgan fingerprint density at radius 2 is 1.90 bits per heavy atom. The minimum Gasteiger partial charge on any atom is -0.497 e. The van der Waals surface area contributed by atoms with Crippen LogP contribution in [-0.2, 0) is 10.0 Å². The summed E-state index contributed by atoms with van der Waals surface area (Å²) >= 11 is 2.56. The lowest BCUT2D eigenvalue weighted by molar-refractivity contribution is 0.103. The monoisotopic (exact) mass is 449 g/mol. The molecule has 0 saturated heterocycles. The number of ether oxygens (including phenoxy) is 1. The van der Waals surface area contributed by atoms with E-state index in [2.05, 4.69) is 15.0 Å². The topological polar surface area (TPSA) is 97.4 Å². The number of amides is 1. The third-order valence-electron chi connectivity index (χ3n) is 3.92. The van der Waals surface area contributed by atoms with Crippen LogP contribution in [0.4, 0.5) is 10.8 Å². The first-order valence-corrected chi connectivity index (χ1v) is 11.9. The van der Waals surface area contributed by atoms with Gasteiger partial charge in [-0.1, -0.05) is 17.4 Å². The molecule has 10 heteroatoms. The van der Waals surface area contributed by atoms with E-state index in [4.69, 9.17) is 4.74 Å². The molecule has 29 heavy (non-hydrogen) atoms. The Balaban J connectivity index is 1.77. The second-order valence-electron chi connectivity index (χ2n) is 5.90. The molecule has 0 saturated carbocycles. The molecule has 0 spiro atoms. The van der Waals surface area contributed by atoms with Crippen LogP contribution in [0.5, 0.6) is 5.75 Å². The van der Waals surface area contributed by atoms with Gasteiger partial charge in [0.2, 0.25) is 0 Å². The number of carbonyl (C=O) groups excluding carboxylic acids is 1. The molecule has 7 nitrogen and oxygen atoms in total. The predicted molar refractivity (Wildman–Crippen MR) is 117 cm³/mol. The third-order valence-corrected chi connectivity index (χ3v) is 7.20. The Labute approximate surface area is 177 Å². The highest BCUT2D eigenvalue weighted by Crippen LogP contribution is 2.27. The molecule has 2 N–H and O–H groups in total. The fraction of sp³-hybridized carbons (Fsp3) is 0.158. The molecular formula is C19H19N3O4S3. The first kappa shape index (κ1) is 21.2. The largest absolute Gasteiger partial charge is 0.497 e. The number of anilines is 2. The van der Waals surface area contributed by atoms with Gasteiger partial charge in [0.25, 0.3) is 15.9 Å². The summed E-state index contributed by atoms with van der Waals surface area (Å²) in [5.74, 6) is 0.215. The summed E-state index contributed by atoms with van der Waals surface area (Å²) in [6, 6.07) is 13.5. The number of hydrogen-bond donors (Lipinski definition) is 2. The number of rotatable bonds is 7. The minimum absolute atomic E-state index is 0.0750. The number of sulfonamides is 1. The quantitative estimate of drug-likeness (QED) is 0.524. The highest BCUT2D eigenvalue weighted by Gasteiger charge is 2.20. The Morgan fingerprint density at radius 1 is 1.17 bits per heavy atom. The number of carbonyl (C=O) groups is 1. The third kappa shape index (κ3) is 5.08. The lowest BCUT2D eigenvalue weighted by Crippen LogP contribution is -2.12. The van der Waals surface area contributed by atoms with Crippen molar-refractivity contribution in [2.75, 3.05) is 23.4 Å². The van der Waals surface area contributed by atoms with Gasteiger partial charge >= 0.3 is 0 Å². The highest BCUT2D eigenvalue weighted by atomic mass is 32.2. The van der Waals surface area contributed by atoms with Crippen LogP contribution in [0.25, 0.3) is 0 Å². The average molecular weight is 450 g/mol. The van der Waals surface area contributed by atoms with Gasteiger partial charge in [-0.2, -0.15) is 0 Å². The first-order chi connectivity index (χ1) is 13.8. The summed E-state index contributed by atoms with van der Waals surface area (Å²) in [6.45, 7) is 1.66. The first-order valence-electron chi connectivity index (χ1n) is 8.42. The smallest absolute Gasteiger partial charge is 0.267 e. The van der Waals surface area contributed by atoms with E-state index in [1.165, 1.54) is 19.2 Å². The van der Waals surface area contributed by atoms with Crippen molar-refractivity contribution in [3.8, 4) is 5.75 Å². The maximum absolute atomic E-state index is 12.6. The molecule has 3 aromatic rings. The Kier molecular flexibility index (Phi) is 6.46. The van der Waals surface area contributed by atoms with E-state index in [0.29, 0.717) is 22.0 Å². The van der Waals surface area contributed by atoms with Crippen molar-refractivity contribution in [1.82, 2.24) is 4.98 Å². The summed E-state index contributed by atoms with van der Waals surface area (Å²) in [5, 5.41) is 2.95. The van der Waals surface area contributed by atoms with E-state index >= 15 is 0 Å². The molecule has 0 aliphatic carbocycles. The number of nitrogens with one attached hydrogen (secondary N) is 2. The number of benzene rings is 2. The van der Waals surface area contributed by atoms with E-state index in [-0.39, 0.29) is 15.9 Å². The number of aryl methyl sites for hydroxylation is 1. The van der Waals surface area contributed by atoms with Crippen LogP contribution >= 0.6 is 23.1 Å². The van der Waals surface area contributed by atoms with Crippen LogP contribution in [0.15, 0.2) is 58.3 Å². The molecule has 0 aliphatic heterocycles. The fourth-order valence-electron chi connectivity index (χ4n) is 2.47. The van der Waals surface area contributed by atoms with Crippen molar-refractivity contribution in [3.05, 3.63) is 59.1 Å². The second-order valence-corrected chi connectivity index (χ2v) is 9.46. The van der Waals surface area contributed by atoms with Crippen molar-refractivity contribution in [2.24, 2.45) is 0 Å². The van der Waals surface area contributed by atoms with E-state index in [1.807, 2.05) is 24.5 Å². The lowest BCUT2D eigenvalue weighted by atomic mass is 10.3.